The van der Waals surface area contributed by atoms with Crippen molar-refractivity contribution in [3.8, 4) is 18.0 Å². The lowest BCUT2D eigenvalue weighted by Gasteiger charge is -2.19. The minimum Gasteiger partial charge on any atom is -0.475 e. The summed E-state index contributed by atoms with van der Waals surface area (Å²) in [6.07, 6.45) is 11.2. The SMILES string of the molecule is N#Cc1cnn2c(Cl)c3c(nc12)CCCC3.N#Cc1cnn2c(OCCO)c3c(nc12)CCCC3.OCCO. The third kappa shape index (κ3) is 5.95. The van der Waals surface area contributed by atoms with Crippen molar-refractivity contribution in [1.29, 1.82) is 10.5 Å². The maximum absolute atomic E-state index is 9.07. The molecule has 0 radical (unpaired) electrons. The van der Waals surface area contributed by atoms with Crippen LogP contribution in [0.1, 0.15) is 59.3 Å². The number of fused-ring (bicyclic) bond motifs is 4. The molecule has 0 unspecified atom stereocenters. The van der Waals surface area contributed by atoms with Crippen molar-refractivity contribution in [1.82, 2.24) is 29.2 Å². The molecule has 0 bridgehead atoms. The molecule has 0 aliphatic heterocycles. The molecule has 2 aliphatic rings. The van der Waals surface area contributed by atoms with Gasteiger partial charge in [0.15, 0.2) is 11.3 Å². The van der Waals surface area contributed by atoms with E-state index in [0.717, 1.165) is 73.9 Å². The maximum Gasteiger partial charge on any atom is 0.221 e. The fraction of sp³-hybridized carbons (Fsp3) is 0.462. The highest BCUT2D eigenvalue weighted by atomic mass is 35.5. The Hall–Kier alpha value is -3.81. The van der Waals surface area contributed by atoms with Gasteiger partial charge in [-0.25, -0.2) is 14.5 Å². The molecule has 204 valence electrons. The lowest BCUT2D eigenvalue weighted by Crippen LogP contribution is -2.15. The molecule has 0 saturated carbocycles. The second-order valence-corrected chi connectivity index (χ2v) is 9.27. The summed E-state index contributed by atoms with van der Waals surface area (Å²) in [4.78, 5) is 9.05. The Morgan fingerprint density at radius 1 is 0.769 bits per heavy atom. The number of aliphatic hydroxyl groups is 3. The van der Waals surface area contributed by atoms with Crippen molar-refractivity contribution in [2.75, 3.05) is 26.4 Å². The number of hydrogen-bond acceptors (Lipinski definition) is 10. The van der Waals surface area contributed by atoms with Crippen LogP contribution >= 0.6 is 11.6 Å². The molecule has 4 aromatic rings. The third-order valence-corrected chi connectivity index (χ3v) is 6.79. The molecule has 0 amide bonds. The largest absolute Gasteiger partial charge is 0.475 e. The Balaban J connectivity index is 0.000000161. The third-order valence-electron chi connectivity index (χ3n) is 6.40. The van der Waals surface area contributed by atoms with Gasteiger partial charge in [0, 0.05) is 16.8 Å². The predicted octanol–water partition coefficient (Wildman–Crippen LogP) is 1.96. The van der Waals surface area contributed by atoms with Crippen molar-refractivity contribution in [3.05, 3.63) is 51.2 Å². The topological polar surface area (TPSA) is 178 Å². The highest BCUT2D eigenvalue weighted by molar-refractivity contribution is 6.30. The van der Waals surface area contributed by atoms with Gasteiger partial charge in [-0.15, -0.1) is 0 Å². The van der Waals surface area contributed by atoms with E-state index in [2.05, 4.69) is 32.3 Å². The highest BCUT2D eigenvalue weighted by Gasteiger charge is 2.22. The summed E-state index contributed by atoms with van der Waals surface area (Å²) >= 11 is 6.28. The Morgan fingerprint density at radius 3 is 1.85 bits per heavy atom. The van der Waals surface area contributed by atoms with Crippen LogP contribution in [0.2, 0.25) is 5.15 Å². The Labute approximate surface area is 229 Å². The molecule has 39 heavy (non-hydrogen) atoms. The standard InChI is InChI=1S/C13H14N4O2.C11H9ClN4.C2H6O2/c14-7-9-8-15-17-12(9)16-11-4-2-1-3-10(11)13(17)19-6-5-18;12-10-8-3-1-2-4-9(8)15-11-7(5-13)6-14-16(10)11;3-1-2-4/h8,18H,1-6H2;6H,1-4H2;3-4H,1-2H2. The minimum atomic E-state index is -0.125. The van der Waals surface area contributed by atoms with Gasteiger partial charge in [-0.1, -0.05) is 11.6 Å². The smallest absolute Gasteiger partial charge is 0.221 e. The zero-order chi connectivity index (χ0) is 27.8. The first-order valence-electron chi connectivity index (χ1n) is 12.8. The van der Waals surface area contributed by atoms with E-state index in [0.29, 0.717) is 33.5 Å². The van der Waals surface area contributed by atoms with Crippen LogP contribution in [-0.2, 0) is 25.7 Å². The molecule has 0 fully saturated rings. The second kappa shape index (κ2) is 13.3. The lowest BCUT2D eigenvalue weighted by atomic mass is 9.97. The molecule has 13 heteroatoms. The van der Waals surface area contributed by atoms with Gasteiger partial charge in [-0.2, -0.15) is 25.2 Å². The first kappa shape index (κ1) is 28.2. The van der Waals surface area contributed by atoms with Gasteiger partial charge in [0.25, 0.3) is 0 Å². The molecule has 0 spiro atoms. The summed E-state index contributed by atoms with van der Waals surface area (Å²) in [5, 5.41) is 51.1. The van der Waals surface area contributed by atoms with Crippen LogP contribution in [0.5, 0.6) is 5.88 Å². The van der Waals surface area contributed by atoms with Crippen LogP contribution in [0.4, 0.5) is 0 Å². The van der Waals surface area contributed by atoms with E-state index in [1.807, 2.05) is 0 Å². The first-order chi connectivity index (χ1) is 19.1. The second-order valence-electron chi connectivity index (χ2n) is 8.91. The van der Waals surface area contributed by atoms with Gasteiger partial charge in [0.2, 0.25) is 5.88 Å². The summed E-state index contributed by atoms with van der Waals surface area (Å²) in [6, 6.07) is 4.17. The molecule has 12 nitrogen and oxygen atoms in total. The number of ether oxygens (including phenoxy) is 1. The van der Waals surface area contributed by atoms with E-state index in [1.54, 1.807) is 9.03 Å². The van der Waals surface area contributed by atoms with E-state index < -0.39 is 0 Å². The number of hydrogen-bond donors (Lipinski definition) is 3. The molecular formula is C26H29ClN8O4. The van der Waals surface area contributed by atoms with Gasteiger partial charge >= 0.3 is 0 Å². The van der Waals surface area contributed by atoms with Crippen molar-refractivity contribution in [2.24, 2.45) is 0 Å². The number of aliphatic hydroxyl groups excluding tert-OH is 3. The van der Waals surface area contributed by atoms with E-state index >= 15 is 0 Å². The first-order valence-corrected chi connectivity index (χ1v) is 13.2. The molecule has 4 aromatic heterocycles. The van der Waals surface area contributed by atoms with Crippen LogP contribution in [-0.4, -0.2) is 70.9 Å². The number of aromatic nitrogens is 6. The van der Waals surface area contributed by atoms with Gasteiger partial charge in [-0.3, -0.25) is 0 Å². The molecule has 3 N–H and O–H groups in total. The molecule has 2 aliphatic carbocycles. The number of halogens is 1. The molecule has 6 rings (SSSR count). The van der Waals surface area contributed by atoms with Crippen molar-refractivity contribution in [2.45, 2.75) is 51.4 Å². The van der Waals surface area contributed by atoms with E-state index in [-0.39, 0.29) is 26.4 Å². The molecule has 0 atom stereocenters. The van der Waals surface area contributed by atoms with Gasteiger partial charge in [0.05, 0.1) is 37.9 Å². The predicted molar refractivity (Wildman–Crippen MR) is 140 cm³/mol. The average Bonchev–Trinajstić information content (AvgIpc) is 3.59. The van der Waals surface area contributed by atoms with Crippen molar-refractivity contribution < 1.29 is 20.1 Å². The van der Waals surface area contributed by atoms with Crippen LogP contribution in [0.25, 0.3) is 11.3 Å². The number of aryl methyl sites for hydroxylation is 2. The molecule has 4 heterocycles. The van der Waals surface area contributed by atoms with Gasteiger partial charge in [0.1, 0.15) is 35.0 Å². The number of nitrogens with zero attached hydrogens (tertiary/aromatic N) is 8. The quantitative estimate of drug-likeness (QED) is 0.317. The summed E-state index contributed by atoms with van der Waals surface area (Å²) in [7, 11) is 0. The van der Waals surface area contributed by atoms with Crippen LogP contribution in [0, 0.1) is 22.7 Å². The van der Waals surface area contributed by atoms with Crippen LogP contribution in [0.15, 0.2) is 12.4 Å². The van der Waals surface area contributed by atoms with Crippen molar-refractivity contribution in [3.63, 3.8) is 0 Å². The Morgan fingerprint density at radius 2 is 1.28 bits per heavy atom. The highest BCUT2D eigenvalue weighted by Crippen LogP contribution is 2.30. The van der Waals surface area contributed by atoms with E-state index in [1.165, 1.54) is 12.4 Å². The van der Waals surface area contributed by atoms with Crippen LogP contribution in [0.3, 0.4) is 0 Å². The van der Waals surface area contributed by atoms with E-state index in [9.17, 15) is 0 Å². The molecule has 0 saturated heterocycles. The zero-order valence-electron chi connectivity index (χ0n) is 21.3. The Kier molecular flexibility index (Phi) is 9.63. The summed E-state index contributed by atoms with van der Waals surface area (Å²) in [5.41, 5.74) is 6.21. The lowest BCUT2D eigenvalue weighted by molar-refractivity contribution is 0.186. The average molecular weight is 553 g/mol. The monoisotopic (exact) mass is 552 g/mol. The normalized spacial score (nSPS) is 13.7. The minimum absolute atomic E-state index is 0.0506. The molecular weight excluding hydrogens is 524 g/mol. The summed E-state index contributed by atoms with van der Waals surface area (Å²) in [5.74, 6) is 0.621. The van der Waals surface area contributed by atoms with Crippen LogP contribution < -0.4 is 4.74 Å². The zero-order valence-corrected chi connectivity index (χ0v) is 22.1. The Bertz CT molecular complexity index is 1530. The maximum atomic E-state index is 9.07. The number of rotatable bonds is 4. The number of nitriles is 2. The van der Waals surface area contributed by atoms with E-state index in [4.69, 9.17) is 42.2 Å². The summed E-state index contributed by atoms with van der Waals surface area (Å²) in [6.45, 7) is -0.0851. The molecule has 0 aromatic carbocycles. The summed E-state index contributed by atoms with van der Waals surface area (Å²) < 4.78 is 8.75. The fourth-order valence-electron chi connectivity index (χ4n) is 4.63. The fourth-order valence-corrected chi connectivity index (χ4v) is 4.96. The van der Waals surface area contributed by atoms with Gasteiger partial charge < -0.3 is 20.1 Å². The van der Waals surface area contributed by atoms with Crippen molar-refractivity contribution >= 4 is 22.9 Å². The van der Waals surface area contributed by atoms with Gasteiger partial charge in [-0.05, 0) is 51.4 Å².